The molecule has 1 amide bonds. The molecule has 1 aromatic heterocycles. The number of pyridine rings is 1. The summed E-state index contributed by atoms with van der Waals surface area (Å²) in [6.45, 7) is -0.467. The Kier molecular flexibility index (Phi) is 6.04. The van der Waals surface area contributed by atoms with Crippen LogP contribution in [-0.4, -0.2) is 38.1 Å². The van der Waals surface area contributed by atoms with Gasteiger partial charge in [-0.2, -0.15) is 0 Å². The molecular weight excluding hydrogens is 392 g/mol. The lowest BCUT2D eigenvalue weighted by Gasteiger charge is -2.06. The van der Waals surface area contributed by atoms with Crippen molar-refractivity contribution in [3.05, 3.63) is 72.4 Å². The number of amides is 1. The first-order valence-corrected chi connectivity index (χ1v) is 10.5. The van der Waals surface area contributed by atoms with E-state index in [1.54, 1.807) is 12.3 Å². The van der Waals surface area contributed by atoms with Crippen LogP contribution in [-0.2, 0) is 24.2 Å². The van der Waals surface area contributed by atoms with Gasteiger partial charge in [0.05, 0.1) is 10.4 Å². The Morgan fingerprint density at radius 2 is 1.79 bits per heavy atom. The summed E-state index contributed by atoms with van der Waals surface area (Å²) < 4.78 is 27.8. The number of carbonyl (C=O) groups is 2. The van der Waals surface area contributed by atoms with Crippen LogP contribution in [0.3, 0.4) is 0 Å². The highest BCUT2D eigenvalue weighted by atomic mass is 32.2. The number of nitrogens with zero attached hydrogens (tertiary/aromatic N) is 1. The maximum atomic E-state index is 11.9. The number of rotatable bonds is 6. The third-order valence-corrected chi connectivity index (χ3v) is 5.10. The van der Waals surface area contributed by atoms with Crippen molar-refractivity contribution in [2.75, 3.05) is 18.2 Å². The Bertz CT molecular complexity index is 1180. The van der Waals surface area contributed by atoms with Crippen molar-refractivity contribution in [1.29, 1.82) is 0 Å². The number of benzene rings is 2. The van der Waals surface area contributed by atoms with Gasteiger partial charge in [-0.25, -0.2) is 13.2 Å². The van der Waals surface area contributed by atoms with Crippen molar-refractivity contribution in [1.82, 2.24) is 4.98 Å². The number of para-hydroxylation sites is 1. The zero-order valence-electron chi connectivity index (χ0n) is 15.5. The van der Waals surface area contributed by atoms with Crippen molar-refractivity contribution >= 4 is 44.4 Å². The maximum Gasteiger partial charge on any atom is 0.331 e. The highest BCUT2D eigenvalue weighted by molar-refractivity contribution is 7.90. The van der Waals surface area contributed by atoms with Crippen molar-refractivity contribution in [2.24, 2.45) is 0 Å². The van der Waals surface area contributed by atoms with Crippen LogP contribution in [0.2, 0.25) is 0 Å². The number of esters is 1. The minimum absolute atomic E-state index is 0.148. The highest BCUT2D eigenvalue weighted by Gasteiger charge is 2.09. The molecule has 0 saturated carbocycles. The molecule has 3 rings (SSSR count). The van der Waals surface area contributed by atoms with Gasteiger partial charge < -0.3 is 10.1 Å². The quantitative estimate of drug-likeness (QED) is 0.495. The zero-order valence-corrected chi connectivity index (χ0v) is 16.3. The van der Waals surface area contributed by atoms with E-state index in [2.05, 4.69) is 10.3 Å². The third kappa shape index (κ3) is 5.49. The molecule has 0 spiro atoms. The molecule has 0 aliphatic rings. The fourth-order valence-electron chi connectivity index (χ4n) is 2.59. The molecule has 0 aliphatic heterocycles. The first-order chi connectivity index (χ1) is 13.8. The first-order valence-electron chi connectivity index (χ1n) is 8.61. The van der Waals surface area contributed by atoms with Crippen LogP contribution in [0.25, 0.3) is 17.0 Å². The largest absolute Gasteiger partial charge is 0.452 e. The lowest BCUT2D eigenvalue weighted by Crippen LogP contribution is -2.20. The van der Waals surface area contributed by atoms with Crippen LogP contribution < -0.4 is 5.32 Å². The van der Waals surface area contributed by atoms with Gasteiger partial charge in [0.2, 0.25) is 0 Å². The smallest absolute Gasteiger partial charge is 0.331 e. The van der Waals surface area contributed by atoms with Gasteiger partial charge in [0.25, 0.3) is 5.91 Å². The van der Waals surface area contributed by atoms with E-state index in [0.29, 0.717) is 5.69 Å². The summed E-state index contributed by atoms with van der Waals surface area (Å²) in [4.78, 5) is 28.2. The summed E-state index contributed by atoms with van der Waals surface area (Å²) in [5.74, 6) is -1.20. The molecular formula is C21H18N2O5S. The van der Waals surface area contributed by atoms with Crippen molar-refractivity contribution in [2.45, 2.75) is 4.90 Å². The number of carbonyl (C=O) groups excluding carboxylic acids is 2. The molecule has 1 N–H and O–H groups in total. The SMILES string of the molecule is CS(=O)(=O)c1ccc(NC(=O)COC(=O)/C=C/c2cccc3cccnc23)cc1. The molecule has 2 aromatic carbocycles. The van der Waals surface area contributed by atoms with Crippen molar-refractivity contribution in [3.8, 4) is 0 Å². The maximum absolute atomic E-state index is 11.9. The van der Waals surface area contributed by atoms with Gasteiger partial charge in [0.1, 0.15) is 0 Å². The van der Waals surface area contributed by atoms with Crippen molar-refractivity contribution < 1.29 is 22.7 Å². The second kappa shape index (κ2) is 8.66. The van der Waals surface area contributed by atoms with E-state index >= 15 is 0 Å². The lowest BCUT2D eigenvalue weighted by atomic mass is 10.1. The number of sulfone groups is 1. The predicted octanol–water partition coefficient (Wildman–Crippen LogP) is 2.83. The molecule has 0 saturated heterocycles. The number of hydrogen-bond donors (Lipinski definition) is 1. The second-order valence-electron chi connectivity index (χ2n) is 6.21. The molecule has 8 heteroatoms. The number of ether oxygens (including phenoxy) is 1. The topological polar surface area (TPSA) is 102 Å². The Balaban J connectivity index is 1.55. The number of aromatic nitrogens is 1. The van der Waals surface area contributed by atoms with Gasteiger partial charge in [0.15, 0.2) is 16.4 Å². The molecule has 29 heavy (non-hydrogen) atoms. The Morgan fingerprint density at radius 1 is 1.07 bits per heavy atom. The Labute approximate surface area is 168 Å². The lowest BCUT2D eigenvalue weighted by molar-refractivity contribution is -0.142. The van der Waals surface area contributed by atoms with Gasteiger partial charge in [-0.15, -0.1) is 0 Å². The average Bonchev–Trinajstić information content (AvgIpc) is 2.70. The predicted molar refractivity (Wildman–Crippen MR) is 110 cm³/mol. The van der Waals surface area contributed by atoms with E-state index < -0.39 is 28.3 Å². The summed E-state index contributed by atoms with van der Waals surface area (Å²) in [7, 11) is -3.31. The van der Waals surface area contributed by atoms with E-state index in [9.17, 15) is 18.0 Å². The molecule has 0 fully saturated rings. The summed E-state index contributed by atoms with van der Waals surface area (Å²) in [5.41, 5.74) is 1.92. The summed E-state index contributed by atoms with van der Waals surface area (Å²) in [6, 6.07) is 15.1. The molecule has 148 valence electrons. The van der Waals surface area contributed by atoms with Gasteiger partial charge in [-0.1, -0.05) is 24.3 Å². The molecule has 3 aromatic rings. The summed E-state index contributed by atoms with van der Waals surface area (Å²) in [5, 5.41) is 3.48. The van der Waals surface area contributed by atoms with Crippen LogP contribution in [0.4, 0.5) is 5.69 Å². The summed E-state index contributed by atoms with van der Waals surface area (Å²) >= 11 is 0. The van der Waals surface area contributed by atoms with E-state index in [-0.39, 0.29) is 4.90 Å². The Morgan fingerprint density at radius 3 is 2.52 bits per heavy atom. The number of nitrogens with one attached hydrogen (secondary N) is 1. The fraction of sp³-hybridized carbons (Fsp3) is 0.0952. The molecule has 0 unspecified atom stereocenters. The minimum Gasteiger partial charge on any atom is -0.452 e. The molecule has 1 heterocycles. The summed E-state index contributed by atoms with van der Waals surface area (Å²) in [6.07, 6.45) is 5.59. The zero-order chi connectivity index (χ0) is 20.9. The molecule has 0 bridgehead atoms. The van der Waals surface area contributed by atoms with Crippen LogP contribution in [0, 0.1) is 0 Å². The number of hydrogen-bond acceptors (Lipinski definition) is 6. The van der Waals surface area contributed by atoms with Crippen LogP contribution in [0.15, 0.2) is 71.8 Å². The van der Waals surface area contributed by atoms with E-state index in [1.807, 2.05) is 30.3 Å². The van der Waals surface area contributed by atoms with E-state index in [0.717, 1.165) is 22.7 Å². The van der Waals surface area contributed by atoms with Gasteiger partial charge >= 0.3 is 5.97 Å². The molecule has 7 nitrogen and oxygen atoms in total. The fourth-order valence-corrected chi connectivity index (χ4v) is 3.22. The normalized spacial score (nSPS) is 11.5. The highest BCUT2D eigenvalue weighted by Crippen LogP contribution is 2.17. The van der Waals surface area contributed by atoms with Crippen LogP contribution >= 0.6 is 0 Å². The van der Waals surface area contributed by atoms with Crippen molar-refractivity contribution in [3.63, 3.8) is 0 Å². The first kappa shape index (κ1) is 20.2. The number of fused-ring (bicyclic) bond motifs is 1. The number of anilines is 1. The molecule has 0 radical (unpaired) electrons. The minimum atomic E-state index is -3.31. The van der Waals surface area contributed by atoms with Gasteiger partial charge in [-0.05, 0) is 36.4 Å². The molecule has 0 aliphatic carbocycles. The molecule has 0 atom stereocenters. The van der Waals surface area contributed by atoms with Crippen LogP contribution in [0.5, 0.6) is 0 Å². The average molecular weight is 410 g/mol. The van der Waals surface area contributed by atoms with Gasteiger partial charge in [0, 0.05) is 35.2 Å². The Hall–Kier alpha value is -3.52. The van der Waals surface area contributed by atoms with E-state index in [1.165, 1.54) is 30.3 Å². The van der Waals surface area contributed by atoms with Gasteiger partial charge in [-0.3, -0.25) is 9.78 Å². The monoisotopic (exact) mass is 410 g/mol. The van der Waals surface area contributed by atoms with Crippen LogP contribution in [0.1, 0.15) is 5.56 Å². The standard InChI is InChI=1S/C21H18N2O5S/c1-29(26,27)18-10-8-17(9-11-18)23-19(24)14-28-20(25)12-7-16-5-2-4-15-6-3-13-22-21(15)16/h2-13H,14H2,1H3,(H,23,24)/b12-7+. The second-order valence-corrected chi connectivity index (χ2v) is 8.22. The third-order valence-electron chi connectivity index (χ3n) is 3.97. The van der Waals surface area contributed by atoms with E-state index in [4.69, 9.17) is 4.74 Å².